The summed E-state index contributed by atoms with van der Waals surface area (Å²) in [6.07, 6.45) is 0. The number of carbonyl (C=O) groups is 1. The van der Waals surface area contributed by atoms with Gasteiger partial charge in [0.25, 0.3) is 5.91 Å². The first-order chi connectivity index (χ1) is 9.08. The zero-order valence-corrected chi connectivity index (χ0v) is 11.7. The summed E-state index contributed by atoms with van der Waals surface area (Å²) in [6, 6.07) is 10.5. The average molecular weight is 296 g/mol. The summed E-state index contributed by atoms with van der Waals surface area (Å²) in [6.45, 7) is 0.406. The molecule has 4 nitrogen and oxygen atoms in total. The topological polar surface area (TPSA) is 46.1 Å². The summed E-state index contributed by atoms with van der Waals surface area (Å²) in [7, 11) is 1.68. The number of hydrogen-bond acceptors (Lipinski definition) is 3. The molecule has 1 amide bonds. The van der Waals surface area contributed by atoms with Gasteiger partial charge < -0.3 is 4.90 Å². The zero-order valence-electron chi connectivity index (χ0n) is 10.2. The van der Waals surface area contributed by atoms with Crippen LogP contribution in [-0.4, -0.2) is 28.1 Å². The molecule has 0 saturated heterocycles. The van der Waals surface area contributed by atoms with Crippen molar-refractivity contribution in [2.75, 3.05) is 7.05 Å². The number of benzene rings is 1. The molecule has 0 spiro atoms. The Morgan fingerprint density at radius 3 is 2.53 bits per heavy atom. The summed E-state index contributed by atoms with van der Waals surface area (Å²) in [5, 5.41) is 8.29. The van der Waals surface area contributed by atoms with E-state index in [0.29, 0.717) is 11.6 Å². The van der Waals surface area contributed by atoms with Crippen LogP contribution in [0.2, 0.25) is 10.2 Å². The average Bonchev–Trinajstić information content (AvgIpc) is 2.41. The maximum absolute atomic E-state index is 12.1. The van der Waals surface area contributed by atoms with Crippen LogP contribution in [0.15, 0.2) is 36.4 Å². The Balaban J connectivity index is 2.12. The van der Waals surface area contributed by atoms with E-state index >= 15 is 0 Å². The molecule has 98 valence electrons. The van der Waals surface area contributed by atoms with E-state index in [4.69, 9.17) is 23.2 Å². The van der Waals surface area contributed by atoms with Crippen molar-refractivity contribution in [3.63, 3.8) is 0 Å². The SMILES string of the molecule is CN(Cc1ccccc1Cl)C(=O)c1ccc(Cl)nn1. The van der Waals surface area contributed by atoms with E-state index in [9.17, 15) is 4.79 Å². The number of carbonyl (C=O) groups excluding carboxylic acids is 1. The Morgan fingerprint density at radius 1 is 1.16 bits per heavy atom. The third-order valence-electron chi connectivity index (χ3n) is 2.56. The largest absolute Gasteiger partial charge is 0.336 e. The number of halogens is 2. The van der Waals surface area contributed by atoms with Crippen LogP contribution in [0.4, 0.5) is 0 Å². The minimum atomic E-state index is -0.232. The van der Waals surface area contributed by atoms with E-state index < -0.39 is 0 Å². The van der Waals surface area contributed by atoms with Crippen LogP contribution in [0.25, 0.3) is 0 Å². The highest BCUT2D eigenvalue weighted by Gasteiger charge is 2.14. The summed E-state index contributed by atoms with van der Waals surface area (Å²) in [4.78, 5) is 13.6. The second-order valence-corrected chi connectivity index (χ2v) is 4.79. The zero-order chi connectivity index (χ0) is 13.8. The first-order valence-electron chi connectivity index (χ1n) is 5.56. The van der Waals surface area contributed by atoms with Gasteiger partial charge in [-0.1, -0.05) is 41.4 Å². The molecule has 0 saturated carbocycles. The van der Waals surface area contributed by atoms with Crippen molar-refractivity contribution in [3.8, 4) is 0 Å². The van der Waals surface area contributed by atoms with E-state index in [1.165, 1.54) is 11.0 Å². The Bertz CT molecular complexity index is 587. The van der Waals surface area contributed by atoms with Gasteiger partial charge in [0.2, 0.25) is 0 Å². The highest BCUT2D eigenvalue weighted by Crippen LogP contribution is 2.17. The number of nitrogens with zero attached hydrogens (tertiary/aromatic N) is 3. The van der Waals surface area contributed by atoms with Crippen LogP contribution in [0.5, 0.6) is 0 Å². The lowest BCUT2D eigenvalue weighted by Gasteiger charge is -2.17. The Hall–Kier alpha value is -1.65. The van der Waals surface area contributed by atoms with Gasteiger partial charge in [-0.05, 0) is 23.8 Å². The molecule has 2 aromatic rings. The maximum atomic E-state index is 12.1. The highest BCUT2D eigenvalue weighted by atomic mass is 35.5. The van der Waals surface area contributed by atoms with Crippen LogP contribution in [0.3, 0.4) is 0 Å². The minimum absolute atomic E-state index is 0.232. The van der Waals surface area contributed by atoms with E-state index in [1.54, 1.807) is 19.2 Å². The second kappa shape index (κ2) is 5.99. The molecule has 1 aromatic heterocycles. The third-order valence-corrected chi connectivity index (χ3v) is 3.13. The number of rotatable bonds is 3. The molecule has 0 N–H and O–H groups in total. The molecule has 0 radical (unpaired) electrons. The van der Waals surface area contributed by atoms with E-state index in [1.807, 2.05) is 18.2 Å². The van der Waals surface area contributed by atoms with Gasteiger partial charge in [0, 0.05) is 18.6 Å². The molecule has 0 fully saturated rings. The highest BCUT2D eigenvalue weighted by molar-refractivity contribution is 6.31. The molecule has 0 atom stereocenters. The van der Waals surface area contributed by atoms with Crippen LogP contribution in [-0.2, 0) is 6.54 Å². The summed E-state index contributed by atoms with van der Waals surface area (Å²) >= 11 is 11.7. The molecular formula is C13H11Cl2N3O. The smallest absolute Gasteiger partial charge is 0.274 e. The molecule has 1 aromatic carbocycles. The van der Waals surface area contributed by atoms with Gasteiger partial charge in [0.05, 0.1) is 0 Å². The van der Waals surface area contributed by atoms with Gasteiger partial charge in [-0.15, -0.1) is 10.2 Å². The van der Waals surface area contributed by atoms with Crippen molar-refractivity contribution in [3.05, 3.63) is 57.8 Å². The lowest BCUT2D eigenvalue weighted by Crippen LogP contribution is -2.27. The number of amides is 1. The Morgan fingerprint density at radius 2 is 1.89 bits per heavy atom. The number of aromatic nitrogens is 2. The minimum Gasteiger partial charge on any atom is -0.336 e. The van der Waals surface area contributed by atoms with Crippen molar-refractivity contribution in [1.82, 2.24) is 15.1 Å². The van der Waals surface area contributed by atoms with Gasteiger partial charge in [-0.3, -0.25) is 4.79 Å². The molecule has 0 bridgehead atoms. The first kappa shape index (κ1) is 13.8. The summed E-state index contributed by atoms with van der Waals surface area (Å²) < 4.78 is 0. The maximum Gasteiger partial charge on any atom is 0.274 e. The van der Waals surface area contributed by atoms with Gasteiger partial charge in [-0.2, -0.15) is 0 Å². The lowest BCUT2D eigenvalue weighted by atomic mass is 10.2. The van der Waals surface area contributed by atoms with Crippen molar-refractivity contribution in [2.24, 2.45) is 0 Å². The molecular weight excluding hydrogens is 285 g/mol. The Kier molecular flexibility index (Phi) is 4.35. The Labute approximate surface area is 121 Å². The molecule has 0 aliphatic carbocycles. The molecule has 2 rings (SSSR count). The van der Waals surface area contributed by atoms with Crippen LogP contribution >= 0.6 is 23.2 Å². The predicted molar refractivity (Wildman–Crippen MR) is 74.3 cm³/mol. The van der Waals surface area contributed by atoms with Crippen molar-refractivity contribution < 1.29 is 4.79 Å². The molecule has 0 unspecified atom stereocenters. The quantitative estimate of drug-likeness (QED) is 0.874. The van der Waals surface area contributed by atoms with Crippen molar-refractivity contribution in [1.29, 1.82) is 0 Å². The molecule has 0 aliphatic rings. The van der Waals surface area contributed by atoms with E-state index in [0.717, 1.165) is 5.56 Å². The van der Waals surface area contributed by atoms with Crippen molar-refractivity contribution >= 4 is 29.1 Å². The molecule has 19 heavy (non-hydrogen) atoms. The van der Waals surface area contributed by atoms with Gasteiger partial charge in [0.1, 0.15) is 0 Å². The number of hydrogen-bond donors (Lipinski definition) is 0. The predicted octanol–water partition coefficient (Wildman–Crippen LogP) is 3.06. The van der Waals surface area contributed by atoms with Crippen LogP contribution < -0.4 is 0 Å². The van der Waals surface area contributed by atoms with E-state index in [-0.39, 0.29) is 16.8 Å². The van der Waals surface area contributed by atoms with Crippen molar-refractivity contribution in [2.45, 2.75) is 6.54 Å². The first-order valence-corrected chi connectivity index (χ1v) is 6.31. The fraction of sp³-hybridized carbons (Fsp3) is 0.154. The fourth-order valence-corrected chi connectivity index (χ4v) is 1.88. The van der Waals surface area contributed by atoms with Crippen LogP contribution in [0.1, 0.15) is 16.1 Å². The molecule has 0 aliphatic heterocycles. The normalized spacial score (nSPS) is 10.3. The fourth-order valence-electron chi connectivity index (χ4n) is 1.58. The lowest BCUT2D eigenvalue weighted by molar-refractivity contribution is 0.0778. The van der Waals surface area contributed by atoms with Crippen LogP contribution in [0, 0.1) is 0 Å². The van der Waals surface area contributed by atoms with E-state index in [2.05, 4.69) is 10.2 Å². The standard InChI is InChI=1S/C13H11Cl2N3O/c1-18(8-9-4-2-3-5-10(9)14)13(19)11-6-7-12(15)17-16-11/h2-7H,8H2,1H3. The molecule has 6 heteroatoms. The third kappa shape index (κ3) is 3.43. The van der Waals surface area contributed by atoms with Gasteiger partial charge in [-0.25, -0.2) is 0 Å². The van der Waals surface area contributed by atoms with Gasteiger partial charge in [0.15, 0.2) is 10.8 Å². The van der Waals surface area contributed by atoms with Gasteiger partial charge >= 0.3 is 0 Å². The second-order valence-electron chi connectivity index (χ2n) is 3.99. The summed E-state index contributed by atoms with van der Waals surface area (Å²) in [5.41, 5.74) is 1.13. The molecule has 1 heterocycles. The summed E-state index contributed by atoms with van der Waals surface area (Å²) in [5.74, 6) is -0.232. The monoisotopic (exact) mass is 295 g/mol.